The maximum absolute atomic E-state index is 13.0. The topological polar surface area (TPSA) is 165 Å². The van der Waals surface area contributed by atoms with Gasteiger partial charge in [-0.25, -0.2) is 27.0 Å². The van der Waals surface area contributed by atoms with Crippen molar-refractivity contribution in [3.63, 3.8) is 0 Å². The second kappa shape index (κ2) is 13.1. The summed E-state index contributed by atoms with van der Waals surface area (Å²) in [7, 11) is -5.06. The highest BCUT2D eigenvalue weighted by atomic mass is 35.5. The van der Waals surface area contributed by atoms with Crippen LogP contribution in [0.4, 0.5) is 18.9 Å². The number of sulfonamides is 1. The van der Waals surface area contributed by atoms with Gasteiger partial charge in [-0.15, -0.1) is 0 Å². The average molecular weight is 647 g/mol. The Balaban J connectivity index is 1.96. The molecule has 17 heteroatoms. The fourth-order valence-corrected chi connectivity index (χ4v) is 5.61. The monoisotopic (exact) mass is 646 g/mol. The van der Waals surface area contributed by atoms with Crippen LogP contribution < -0.4 is 20.5 Å². The highest BCUT2D eigenvalue weighted by Crippen LogP contribution is 2.30. The van der Waals surface area contributed by atoms with Gasteiger partial charge in [0.1, 0.15) is 33.6 Å². The number of alkyl halides is 3. The van der Waals surface area contributed by atoms with E-state index in [-0.39, 0.29) is 50.0 Å². The number of aliphatic imine (C=N–C) groups is 2. The summed E-state index contributed by atoms with van der Waals surface area (Å²) in [5.74, 6) is -0.0634. The highest BCUT2D eigenvalue weighted by Gasteiger charge is 2.28. The molecule has 0 aliphatic heterocycles. The summed E-state index contributed by atoms with van der Waals surface area (Å²) in [4.78, 5) is 12.3. The molecule has 0 spiro atoms. The molecule has 2 aromatic carbocycles. The minimum atomic E-state index is -4.54. The van der Waals surface area contributed by atoms with E-state index in [0.29, 0.717) is 11.1 Å². The second-order valence-corrected chi connectivity index (χ2v) is 12.6. The molecule has 1 heterocycles. The fourth-order valence-electron chi connectivity index (χ4n) is 3.64. The Bertz CT molecular complexity index is 1750. The summed E-state index contributed by atoms with van der Waals surface area (Å²) in [6.45, 7) is -1.31. The van der Waals surface area contributed by atoms with Crippen molar-refractivity contribution in [1.82, 2.24) is 10.3 Å². The number of benzene rings is 2. The van der Waals surface area contributed by atoms with Crippen LogP contribution in [0.2, 0.25) is 5.02 Å². The lowest BCUT2D eigenvalue weighted by atomic mass is 10.1. The van der Waals surface area contributed by atoms with Gasteiger partial charge in [-0.1, -0.05) is 17.7 Å². The second-order valence-electron chi connectivity index (χ2n) is 8.70. The Morgan fingerprint density at radius 3 is 2.38 bits per heavy atom. The molecule has 0 aliphatic rings. The van der Waals surface area contributed by atoms with Gasteiger partial charge in [0.15, 0.2) is 9.84 Å². The zero-order chi connectivity index (χ0) is 31.3. The van der Waals surface area contributed by atoms with E-state index in [0.717, 1.165) is 6.26 Å². The first-order valence-electron chi connectivity index (χ1n) is 11.8. The number of hydrogen-bond donors (Lipinski definition) is 3. The minimum absolute atomic E-state index is 0.00275. The maximum Gasteiger partial charge on any atom is 0.405 e. The third-order valence-corrected chi connectivity index (χ3v) is 8.06. The first-order valence-corrected chi connectivity index (χ1v) is 15.6. The molecule has 0 bridgehead atoms. The first-order chi connectivity index (χ1) is 19.5. The molecule has 0 atom stereocenters. The fraction of sp³-hybridized carbons (Fsp3) is 0.240. The molecule has 3 aromatic rings. The van der Waals surface area contributed by atoms with Gasteiger partial charge in [0.2, 0.25) is 10.0 Å². The van der Waals surface area contributed by atoms with Crippen LogP contribution in [0.5, 0.6) is 5.75 Å². The number of nitrogens with one attached hydrogen (secondary N) is 2. The van der Waals surface area contributed by atoms with Crippen molar-refractivity contribution in [2.24, 2.45) is 15.1 Å². The lowest BCUT2D eigenvalue weighted by molar-refractivity contribution is -0.121. The molecule has 0 fully saturated rings. The van der Waals surface area contributed by atoms with Gasteiger partial charge < -0.3 is 15.4 Å². The summed E-state index contributed by atoms with van der Waals surface area (Å²) in [5.41, 5.74) is 1.41. The summed E-state index contributed by atoms with van der Waals surface area (Å²) in [5, 5.41) is 10.1. The van der Waals surface area contributed by atoms with E-state index in [4.69, 9.17) is 21.5 Å². The zero-order valence-electron chi connectivity index (χ0n) is 22.4. The third-order valence-electron chi connectivity index (χ3n) is 5.55. The molecular weight excluding hydrogens is 621 g/mol. The number of rotatable bonds is 10. The van der Waals surface area contributed by atoms with Crippen molar-refractivity contribution in [2.75, 3.05) is 32.3 Å². The number of amidine groups is 1. The molecule has 11 nitrogen and oxygen atoms in total. The number of nitrogens with two attached hydrogens (primary N) is 1. The van der Waals surface area contributed by atoms with Crippen LogP contribution in [-0.4, -0.2) is 67.1 Å². The quantitative estimate of drug-likeness (QED) is 0.222. The van der Waals surface area contributed by atoms with Crippen molar-refractivity contribution in [2.45, 2.75) is 22.5 Å². The van der Waals surface area contributed by atoms with Crippen molar-refractivity contribution >= 4 is 49.3 Å². The lowest BCUT2D eigenvalue weighted by Gasteiger charge is -2.16. The number of pyridine rings is 1. The summed E-state index contributed by atoms with van der Waals surface area (Å²) < 4.78 is 91.7. The molecule has 0 saturated carbocycles. The number of hydrogen-bond acceptors (Lipinski definition) is 8. The van der Waals surface area contributed by atoms with Crippen molar-refractivity contribution in [3.8, 4) is 17.0 Å². The molecule has 0 amide bonds. The van der Waals surface area contributed by atoms with Crippen LogP contribution in [0.15, 0.2) is 68.3 Å². The van der Waals surface area contributed by atoms with Gasteiger partial charge >= 0.3 is 6.18 Å². The molecule has 0 saturated heterocycles. The number of halogens is 4. The molecule has 1 aromatic heterocycles. The molecule has 0 aliphatic carbocycles. The smallest absolute Gasteiger partial charge is 0.405 e. The standard InChI is InChI=1S/C25H26ClF3N6O5S2/c1-31-24(33-13-25(27,28)29)23-19(34-14-32-12-15-4-9-21(17(26)10-15)42(30,38)39)7-6-18(35-23)16-5-8-20(40-2)22(11-16)41(3,36)37/h4-11,14H,12-13H2,1-3H3,(H,31,33)(H,32,34)(H2,30,38,39). The van der Waals surface area contributed by atoms with E-state index in [1.54, 1.807) is 6.07 Å². The number of primary sulfonamides is 1. The molecule has 226 valence electrons. The Morgan fingerprint density at radius 1 is 1.10 bits per heavy atom. The SMILES string of the molecule is CN=C(NCC(F)(F)F)c1nc(-c2ccc(OC)c(S(C)(=O)=O)c2)ccc1NC=NCc1ccc(S(N)(=O)=O)c(Cl)c1. The van der Waals surface area contributed by atoms with Crippen molar-refractivity contribution in [3.05, 3.63) is 64.8 Å². The summed E-state index contributed by atoms with van der Waals surface area (Å²) >= 11 is 6.00. The molecular formula is C25H26ClF3N6O5S2. The van der Waals surface area contributed by atoms with Gasteiger partial charge in [0, 0.05) is 18.9 Å². The molecule has 4 N–H and O–H groups in total. The zero-order valence-corrected chi connectivity index (χ0v) is 24.8. The van der Waals surface area contributed by atoms with Gasteiger partial charge in [-0.05, 0) is 48.0 Å². The summed E-state index contributed by atoms with van der Waals surface area (Å²) in [6, 6.07) is 11.5. The van der Waals surface area contributed by atoms with E-state index in [1.807, 2.05) is 0 Å². The van der Waals surface area contributed by atoms with E-state index in [1.165, 1.54) is 63.0 Å². The summed E-state index contributed by atoms with van der Waals surface area (Å²) in [6.07, 6.45) is -2.25. The Hall–Kier alpha value is -3.73. The van der Waals surface area contributed by atoms with Crippen LogP contribution in [0, 0.1) is 0 Å². The largest absolute Gasteiger partial charge is 0.495 e. The van der Waals surface area contributed by atoms with Gasteiger partial charge in [-0.3, -0.25) is 9.98 Å². The van der Waals surface area contributed by atoms with Gasteiger partial charge in [0.05, 0.1) is 36.4 Å². The van der Waals surface area contributed by atoms with Gasteiger partial charge in [0.25, 0.3) is 0 Å². The predicted octanol–water partition coefficient (Wildman–Crippen LogP) is 3.63. The average Bonchev–Trinajstić information content (AvgIpc) is 2.89. The van der Waals surface area contributed by atoms with Crippen LogP contribution in [-0.2, 0) is 26.4 Å². The minimum Gasteiger partial charge on any atom is -0.495 e. The van der Waals surface area contributed by atoms with E-state index < -0.39 is 32.6 Å². The number of sulfone groups is 1. The number of aromatic nitrogens is 1. The number of nitrogens with zero attached hydrogens (tertiary/aromatic N) is 3. The van der Waals surface area contributed by atoms with Crippen molar-refractivity contribution < 1.29 is 34.7 Å². The van der Waals surface area contributed by atoms with Crippen LogP contribution >= 0.6 is 11.6 Å². The van der Waals surface area contributed by atoms with Crippen LogP contribution in [0.3, 0.4) is 0 Å². The molecule has 0 unspecified atom stereocenters. The van der Waals surface area contributed by atoms with E-state index in [2.05, 4.69) is 25.6 Å². The van der Waals surface area contributed by atoms with Crippen LogP contribution in [0.1, 0.15) is 11.3 Å². The Labute approximate surface area is 245 Å². The number of ether oxygens (including phenoxy) is 1. The maximum atomic E-state index is 13.0. The number of methoxy groups -OCH3 is 1. The van der Waals surface area contributed by atoms with E-state index >= 15 is 0 Å². The first kappa shape index (κ1) is 32.8. The normalized spacial score (nSPS) is 12.9. The molecule has 3 rings (SSSR count). The highest BCUT2D eigenvalue weighted by molar-refractivity contribution is 7.90. The Kier molecular flexibility index (Phi) is 10.2. The lowest BCUT2D eigenvalue weighted by Crippen LogP contribution is -2.35. The molecule has 0 radical (unpaired) electrons. The Morgan fingerprint density at radius 2 is 1.81 bits per heavy atom. The van der Waals surface area contributed by atoms with Gasteiger partial charge in [-0.2, -0.15) is 13.2 Å². The third kappa shape index (κ3) is 8.64. The predicted molar refractivity (Wildman–Crippen MR) is 154 cm³/mol. The molecule has 42 heavy (non-hydrogen) atoms. The van der Waals surface area contributed by atoms with Crippen LogP contribution in [0.25, 0.3) is 11.3 Å². The van der Waals surface area contributed by atoms with Crippen molar-refractivity contribution in [1.29, 1.82) is 0 Å². The number of anilines is 1. The van der Waals surface area contributed by atoms with E-state index in [9.17, 15) is 30.0 Å².